The number of benzene rings is 5. The monoisotopic (exact) mass is 593 g/mol. The Labute approximate surface area is 274 Å². The molecule has 0 bridgehead atoms. The summed E-state index contributed by atoms with van der Waals surface area (Å²) < 4.78 is 0. The van der Waals surface area contributed by atoms with Crippen LogP contribution in [0.3, 0.4) is 0 Å². The van der Waals surface area contributed by atoms with Gasteiger partial charge in [-0.2, -0.15) is 0 Å². The van der Waals surface area contributed by atoms with Crippen LogP contribution in [0.25, 0.3) is 52.7 Å². The fourth-order valence-electron chi connectivity index (χ4n) is 6.05. The van der Waals surface area contributed by atoms with E-state index in [-0.39, 0.29) is 0 Å². The maximum Gasteiger partial charge on any atom is 0.0460 e. The van der Waals surface area contributed by atoms with Crippen molar-refractivity contribution in [1.29, 1.82) is 0 Å². The molecule has 224 valence electrons. The van der Waals surface area contributed by atoms with E-state index in [2.05, 4.69) is 184 Å². The summed E-state index contributed by atoms with van der Waals surface area (Å²) in [5.74, 6) is 0. The molecule has 1 heterocycles. The normalized spacial score (nSPS) is 15.5. The van der Waals surface area contributed by atoms with Gasteiger partial charge in [-0.1, -0.05) is 134 Å². The van der Waals surface area contributed by atoms with Gasteiger partial charge >= 0.3 is 0 Å². The number of hydrogen-bond donors (Lipinski definition) is 1. The van der Waals surface area contributed by atoms with Crippen molar-refractivity contribution in [3.05, 3.63) is 190 Å². The lowest BCUT2D eigenvalue weighted by atomic mass is 9.90. The molecule has 1 nitrogen and oxygen atoms in total. The van der Waals surface area contributed by atoms with E-state index in [0.717, 1.165) is 16.8 Å². The Balaban J connectivity index is 1.49. The zero-order valence-electron chi connectivity index (χ0n) is 26.8. The average molecular weight is 594 g/mol. The lowest BCUT2D eigenvalue weighted by Crippen LogP contribution is -1.97. The number of aryl methyl sites for hydroxylation is 1. The molecule has 0 aromatic heterocycles. The van der Waals surface area contributed by atoms with Gasteiger partial charge in [0.25, 0.3) is 0 Å². The van der Waals surface area contributed by atoms with Crippen LogP contribution in [-0.2, 0) is 0 Å². The molecule has 1 N–H and O–H groups in total. The highest BCUT2D eigenvalue weighted by atomic mass is 14.8. The van der Waals surface area contributed by atoms with Crippen molar-refractivity contribution in [3.8, 4) is 11.1 Å². The Morgan fingerprint density at radius 3 is 2.28 bits per heavy atom. The molecule has 6 rings (SSSR count). The second kappa shape index (κ2) is 14.0. The predicted molar refractivity (Wildman–Crippen MR) is 203 cm³/mol. The van der Waals surface area contributed by atoms with Crippen LogP contribution < -0.4 is 5.32 Å². The molecule has 1 aliphatic rings. The maximum atomic E-state index is 4.04. The van der Waals surface area contributed by atoms with Gasteiger partial charge in [0.2, 0.25) is 0 Å². The molecule has 0 saturated heterocycles. The minimum atomic E-state index is 1.06. The van der Waals surface area contributed by atoms with E-state index in [1.54, 1.807) is 0 Å². The third kappa shape index (κ3) is 6.55. The molecule has 0 saturated carbocycles. The van der Waals surface area contributed by atoms with Crippen LogP contribution in [0.15, 0.2) is 140 Å². The van der Waals surface area contributed by atoms with Crippen LogP contribution in [-0.4, -0.2) is 0 Å². The van der Waals surface area contributed by atoms with Crippen molar-refractivity contribution in [1.82, 2.24) is 0 Å². The Morgan fingerprint density at radius 2 is 1.48 bits per heavy atom. The highest BCUT2D eigenvalue weighted by molar-refractivity contribution is 5.98. The van der Waals surface area contributed by atoms with Crippen molar-refractivity contribution in [2.45, 2.75) is 20.8 Å². The van der Waals surface area contributed by atoms with Crippen molar-refractivity contribution in [2.75, 3.05) is 5.32 Å². The summed E-state index contributed by atoms with van der Waals surface area (Å²) in [4.78, 5) is 0. The minimum absolute atomic E-state index is 1.06. The summed E-state index contributed by atoms with van der Waals surface area (Å²) in [5.41, 5.74) is 16.5. The van der Waals surface area contributed by atoms with E-state index in [4.69, 9.17) is 0 Å². The van der Waals surface area contributed by atoms with E-state index in [0.29, 0.717) is 0 Å². The molecule has 0 unspecified atom stereocenters. The number of anilines is 1. The lowest BCUT2D eigenvalue weighted by molar-refractivity contribution is 1.43. The van der Waals surface area contributed by atoms with Crippen molar-refractivity contribution in [3.63, 3.8) is 0 Å². The molecule has 0 atom stereocenters. The van der Waals surface area contributed by atoms with Gasteiger partial charge in [0.05, 0.1) is 0 Å². The predicted octanol–water partition coefficient (Wildman–Crippen LogP) is 12.4. The highest BCUT2D eigenvalue weighted by Gasteiger charge is 2.14. The van der Waals surface area contributed by atoms with Gasteiger partial charge in [-0.25, -0.2) is 0 Å². The Bertz CT molecular complexity index is 2050. The largest absolute Gasteiger partial charge is 0.361 e. The molecular formula is C45H39N. The Kier molecular flexibility index (Phi) is 9.22. The number of hydrogen-bond acceptors (Lipinski definition) is 1. The fraction of sp³-hybridized carbons (Fsp3) is 0.0667. The molecule has 0 aliphatic carbocycles. The first-order valence-corrected chi connectivity index (χ1v) is 15.8. The van der Waals surface area contributed by atoms with Gasteiger partial charge < -0.3 is 5.32 Å². The van der Waals surface area contributed by atoms with Crippen LogP contribution in [0.1, 0.15) is 63.9 Å². The quantitative estimate of drug-likeness (QED) is 0.193. The number of allylic oxidation sites excluding steroid dienone is 4. The van der Waals surface area contributed by atoms with Crippen molar-refractivity contribution in [2.24, 2.45) is 0 Å². The molecule has 0 amide bonds. The maximum absolute atomic E-state index is 4.04. The Morgan fingerprint density at radius 1 is 0.717 bits per heavy atom. The molecule has 5 aromatic carbocycles. The summed E-state index contributed by atoms with van der Waals surface area (Å²) in [6.07, 6.45) is 19.1. The van der Waals surface area contributed by atoms with Gasteiger partial charge in [-0.05, 0) is 118 Å². The zero-order chi connectivity index (χ0) is 31.9. The minimum Gasteiger partial charge on any atom is -0.361 e. The lowest BCUT2D eigenvalue weighted by Gasteiger charge is -2.17. The third-order valence-electron chi connectivity index (χ3n) is 8.51. The number of rotatable bonds is 6. The highest BCUT2D eigenvalue weighted by Crippen LogP contribution is 2.37. The smallest absolute Gasteiger partial charge is 0.0460 e. The summed E-state index contributed by atoms with van der Waals surface area (Å²) in [6, 6.07) is 39.2. The van der Waals surface area contributed by atoms with E-state index in [1.165, 1.54) is 61.2 Å². The molecule has 0 fully saturated rings. The third-order valence-corrected chi connectivity index (χ3v) is 8.51. The van der Waals surface area contributed by atoms with Crippen LogP contribution in [0.2, 0.25) is 0 Å². The molecule has 1 heteroatoms. The van der Waals surface area contributed by atoms with Crippen LogP contribution in [0, 0.1) is 6.92 Å². The van der Waals surface area contributed by atoms with E-state index >= 15 is 0 Å². The summed E-state index contributed by atoms with van der Waals surface area (Å²) in [5, 5.41) is 3.56. The van der Waals surface area contributed by atoms with E-state index in [1.807, 2.05) is 12.3 Å². The molecular weight excluding hydrogens is 555 g/mol. The topological polar surface area (TPSA) is 12.0 Å². The van der Waals surface area contributed by atoms with Gasteiger partial charge in [-0.3, -0.25) is 0 Å². The van der Waals surface area contributed by atoms with Gasteiger partial charge in [-0.15, -0.1) is 0 Å². The van der Waals surface area contributed by atoms with E-state index < -0.39 is 0 Å². The zero-order valence-corrected chi connectivity index (χ0v) is 26.8. The fourth-order valence-corrected chi connectivity index (χ4v) is 6.05. The molecule has 46 heavy (non-hydrogen) atoms. The first kappa shape index (κ1) is 30.4. The first-order chi connectivity index (χ1) is 22.6. The second-order valence-electron chi connectivity index (χ2n) is 11.6. The van der Waals surface area contributed by atoms with Gasteiger partial charge in [0.1, 0.15) is 0 Å². The Hall–Kier alpha value is -5.66. The van der Waals surface area contributed by atoms with Crippen molar-refractivity contribution >= 4 is 47.2 Å². The van der Waals surface area contributed by atoms with E-state index in [9.17, 15) is 0 Å². The van der Waals surface area contributed by atoms with Gasteiger partial charge in [0, 0.05) is 17.5 Å². The molecule has 0 spiro atoms. The summed E-state index contributed by atoms with van der Waals surface area (Å²) in [6.45, 7) is 10.5. The first-order valence-electron chi connectivity index (χ1n) is 15.8. The molecule has 1 aliphatic heterocycles. The van der Waals surface area contributed by atoms with Crippen LogP contribution in [0.5, 0.6) is 0 Å². The second-order valence-corrected chi connectivity index (χ2v) is 11.6. The van der Waals surface area contributed by atoms with Crippen LogP contribution >= 0.6 is 0 Å². The molecule has 0 radical (unpaired) electrons. The van der Waals surface area contributed by atoms with Crippen molar-refractivity contribution < 1.29 is 0 Å². The average Bonchev–Trinajstić information content (AvgIpc) is 3.12. The van der Waals surface area contributed by atoms with Gasteiger partial charge in [0.15, 0.2) is 0 Å². The number of nitrogens with one attached hydrogen (secondary N) is 1. The molecule has 5 aromatic rings. The number of fused-ring (bicyclic) bond motifs is 2. The summed E-state index contributed by atoms with van der Waals surface area (Å²) >= 11 is 0. The standard InChI is InChI=1S/C45H39N/c1-5-15-42-34(6-2)21-14-22-41(42)33(4)28-40-29-38(24-23-32(40)3)39-25-26-45-44(31-39)43(36-18-8-7-9-19-36)30-37-20-11-10-16-35(37)17-12-13-27-46-45/h5-31,46H,2H2,1,3-4H3/b15-5-,17-12-,27-13+,33-28+,43-30-. The van der Waals surface area contributed by atoms with Crippen LogP contribution in [0.4, 0.5) is 5.69 Å². The summed E-state index contributed by atoms with van der Waals surface area (Å²) in [7, 11) is 0. The SMILES string of the molecule is C=Cc1cccc(/C(C)=C/c2cc(-c3ccc4c(c3)/C(c3ccccc3)=C\c3ccccc3/C=C\C=C\N4)ccc2C)c1/C=C\C.